The number of unbranched alkanes of at least 4 members (excludes halogenated alkanes) is 1. The maximum Gasteiger partial charge on any atom is 0.0591 e. The van der Waals surface area contributed by atoms with Gasteiger partial charge in [0.15, 0.2) is 0 Å². The Morgan fingerprint density at radius 1 is 1.06 bits per heavy atom. The number of nitrogens with one attached hydrogen (secondary N) is 1. The van der Waals surface area contributed by atoms with Crippen molar-refractivity contribution in [3.05, 3.63) is 0 Å². The van der Waals surface area contributed by atoms with Crippen LogP contribution in [0.5, 0.6) is 0 Å². The predicted molar refractivity (Wildman–Crippen MR) is 73.0 cm³/mol. The summed E-state index contributed by atoms with van der Waals surface area (Å²) in [6.07, 6.45) is 4.67. The summed E-state index contributed by atoms with van der Waals surface area (Å²) >= 11 is 0. The van der Waals surface area contributed by atoms with Crippen LogP contribution in [-0.4, -0.2) is 52.7 Å². The van der Waals surface area contributed by atoms with E-state index in [1.165, 1.54) is 6.42 Å². The van der Waals surface area contributed by atoms with Gasteiger partial charge in [-0.3, -0.25) is 0 Å². The quantitative estimate of drug-likeness (QED) is 0.575. The van der Waals surface area contributed by atoms with Crippen LogP contribution in [0.2, 0.25) is 0 Å². The molecule has 0 aromatic carbocycles. The first-order valence-electron chi connectivity index (χ1n) is 7.37. The highest BCUT2D eigenvalue weighted by Gasteiger charge is 2.13. The van der Waals surface area contributed by atoms with Gasteiger partial charge >= 0.3 is 0 Å². The molecule has 1 saturated heterocycles. The lowest BCUT2D eigenvalue weighted by Crippen LogP contribution is -2.26. The Labute approximate surface area is 111 Å². The van der Waals surface area contributed by atoms with E-state index >= 15 is 0 Å². The molecule has 1 N–H and O–H groups in total. The van der Waals surface area contributed by atoms with E-state index in [4.69, 9.17) is 14.2 Å². The standard InChI is InChI=1S/C14H29NO3/c1-2-3-8-16-11-6-15-7-12-18-13-14-4-9-17-10-5-14/h14-15H,2-13H2,1H3. The van der Waals surface area contributed by atoms with Crippen molar-refractivity contribution in [2.45, 2.75) is 32.6 Å². The molecule has 0 aromatic rings. The fraction of sp³-hybridized carbons (Fsp3) is 1.00. The van der Waals surface area contributed by atoms with E-state index in [1.807, 2.05) is 0 Å². The monoisotopic (exact) mass is 259 g/mol. The van der Waals surface area contributed by atoms with E-state index in [2.05, 4.69) is 12.2 Å². The van der Waals surface area contributed by atoms with E-state index in [0.717, 1.165) is 72.0 Å². The van der Waals surface area contributed by atoms with Gasteiger partial charge in [0.2, 0.25) is 0 Å². The molecule has 0 amide bonds. The van der Waals surface area contributed by atoms with Gasteiger partial charge in [-0.2, -0.15) is 0 Å². The topological polar surface area (TPSA) is 39.7 Å². The molecule has 0 saturated carbocycles. The predicted octanol–water partition coefficient (Wildman–Crippen LogP) is 1.84. The van der Waals surface area contributed by atoms with Crippen molar-refractivity contribution >= 4 is 0 Å². The lowest BCUT2D eigenvalue weighted by molar-refractivity contribution is 0.0211. The summed E-state index contributed by atoms with van der Waals surface area (Å²) in [5, 5.41) is 3.33. The molecular formula is C14H29NO3. The number of hydrogen-bond donors (Lipinski definition) is 1. The first kappa shape index (κ1) is 15.9. The van der Waals surface area contributed by atoms with Gasteiger partial charge in [-0.05, 0) is 25.2 Å². The zero-order valence-corrected chi connectivity index (χ0v) is 11.8. The van der Waals surface area contributed by atoms with Gasteiger partial charge in [0.05, 0.1) is 13.2 Å². The molecule has 0 aromatic heterocycles. The fourth-order valence-corrected chi connectivity index (χ4v) is 1.93. The molecule has 0 radical (unpaired) electrons. The molecule has 0 spiro atoms. The second-order valence-electron chi connectivity index (χ2n) is 4.85. The number of ether oxygens (including phenoxy) is 3. The Morgan fingerprint density at radius 2 is 1.78 bits per heavy atom. The Hall–Kier alpha value is -0.160. The van der Waals surface area contributed by atoms with E-state index in [9.17, 15) is 0 Å². The summed E-state index contributed by atoms with van der Waals surface area (Å²) in [6, 6.07) is 0. The summed E-state index contributed by atoms with van der Waals surface area (Å²) in [5.74, 6) is 0.705. The summed E-state index contributed by atoms with van der Waals surface area (Å²) in [5.41, 5.74) is 0. The van der Waals surface area contributed by atoms with Crippen molar-refractivity contribution in [1.82, 2.24) is 5.32 Å². The van der Waals surface area contributed by atoms with Gasteiger partial charge in [-0.1, -0.05) is 13.3 Å². The van der Waals surface area contributed by atoms with E-state index < -0.39 is 0 Å². The van der Waals surface area contributed by atoms with Gasteiger partial charge in [0, 0.05) is 39.5 Å². The van der Waals surface area contributed by atoms with Crippen LogP contribution >= 0.6 is 0 Å². The molecule has 1 fully saturated rings. The molecule has 0 unspecified atom stereocenters. The van der Waals surface area contributed by atoms with Crippen molar-refractivity contribution in [2.75, 3.05) is 52.7 Å². The van der Waals surface area contributed by atoms with Gasteiger partial charge in [-0.15, -0.1) is 0 Å². The number of rotatable bonds is 11. The molecule has 0 atom stereocenters. The number of hydrogen-bond acceptors (Lipinski definition) is 4. The molecule has 1 heterocycles. The van der Waals surface area contributed by atoms with Crippen LogP contribution in [0.1, 0.15) is 32.6 Å². The molecule has 4 heteroatoms. The average molecular weight is 259 g/mol. The van der Waals surface area contributed by atoms with Crippen molar-refractivity contribution in [3.8, 4) is 0 Å². The largest absolute Gasteiger partial charge is 0.381 e. The fourth-order valence-electron chi connectivity index (χ4n) is 1.93. The summed E-state index contributed by atoms with van der Waals surface area (Å²) < 4.78 is 16.4. The Morgan fingerprint density at radius 3 is 2.50 bits per heavy atom. The van der Waals surface area contributed by atoms with Crippen LogP contribution in [0.3, 0.4) is 0 Å². The van der Waals surface area contributed by atoms with E-state index in [-0.39, 0.29) is 0 Å². The Bertz CT molecular complexity index is 172. The third-order valence-electron chi connectivity index (χ3n) is 3.18. The third-order valence-corrected chi connectivity index (χ3v) is 3.18. The van der Waals surface area contributed by atoms with E-state index in [0.29, 0.717) is 5.92 Å². The van der Waals surface area contributed by atoms with Gasteiger partial charge in [0.1, 0.15) is 0 Å². The van der Waals surface area contributed by atoms with Crippen LogP contribution in [0.25, 0.3) is 0 Å². The van der Waals surface area contributed by atoms with Crippen molar-refractivity contribution in [3.63, 3.8) is 0 Å². The van der Waals surface area contributed by atoms with Crippen molar-refractivity contribution in [2.24, 2.45) is 5.92 Å². The molecule has 18 heavy (non-hydrogen) atoms. The highest BCUT2D eigenvalue weighted by molar-refractivity contribution is 4.62. The lowest BCUT2D eigenvalue weighted by Gasteiger charge is -2.21. The molecule has 1 aliphatic heterocycles. The molecule has 1 aliphatic rings. The van der Waals surface area contributed by atoms with Crippen molar-refractivity contribution < 1.29 is 14.2 Å². The average Bonchev–Trinajstić information content (AvgIpc) is 2.42. The normalized spacial score (nSPS) is 17.2. The second-order valence-corrected chi connectivity index (χ2v) is 4.85. The zero-order chi connectivity index (χ0) is 12.9. The highest BCUT2D eigenvalue weighted by atomic mass is 16.5. The Balaban J connectivity index is 1.73. The van der Waals surface area contributed by atoms with Crippen LogP contribution in [-0.2, 0) is 14.2 Å². The summed E-state index contributed by atoms with van der Waals surface area (Å²) in [6.45, 7) is 9.20. The van der Waals surface area contributed by atoms with Crippen LogP contribution in [0.15, 0.2) is 0 Å². The molecule has 1 rings (SSSR count). The Kier molecular flexibility index (Phi) is 10.5. The minimum Gasteiger partial charge on any atom is -0.381 e. The van der Waals surface area contributed by atoms with Crippen LogP contribution < -0.4 is 5.32 Å². The minimum atomic E-state index is 0.705. The zero-order valence-electron chi connectivity index (χ0n) is 11.8. The molecule has 108 valence electrons. The minimum absolute atomic E-state index is 0.705. The van der Waals surface area contributed by atoms with Crippen LogP contribution in [0.4, 0.5) is 0 Å². The SMILES string of the molecule is CCCCOCCNCCOCC1CCOCC1. The van der Waals surface area contributed by atoms with Crippen molar-refractivity contribution in [1.29, 1.82) is 0 Å². The maximum atomic E-state index is 5.66. The third kappa shape index (κ3) is 8.86. The second kappa shape index (κ2) is 11.9. The smallest absolute Gasteiger partial charge is 0.0591 e. The first-order valence-corrected chi connectivity index (χ1v) is 7.37. The summed E-state index contributed by atoms with van der Waals surface area (Å²) in [4.78, 5) is 0. The van der Waals surface area contributed by atoms with Gasteiger partial charge in [0.25, 0.3) is 0 Å². The molecule has 0 bridgehead atoms. The molecular weight excluding hydrogens is 230 g/mol. The van der Waals surface area contributed by atoms with Gasteiger partial charge < -0.3 is 19.5 Å². The summed E-state index contributed by atoms with van der Waals surface area (Å²) in [7, 11) is 0. The van der Waals surface area contributed by atoms with Crippen LogP contribution in [0, 0.1) is 5.92 Å². The van der Waals surface area contributed by atoms with Gasteiger partial charge in [-0.25, -0.2) is 0 Å². The first-order chi connectivity index (χ1) is 8.93. The molecule has 4 nitrogen and oxygen atoms in total. The highest BCUT2D eigenvalue weighted by Crippen LogP contribution is 2.14. The van der Waals surface area contributed by atoms with E-state index in [1.54, 1.807) is 0 Å². The lowest BCUT2D eigenvalue weighted by atomic mass is 10.0. The maximum absolute atomic E-state index is 5.66. The molecule has 0 aliphatic carbocycles.